The molecule has 5 rings (SSSR count). The number of amides is 1. The van der Waals surface area contributed by atoms with Crippen molar-refractivity contribution >= 4 is 34.4 Å². The Bertz CT molecular complexity index is 1680. The van der Waals surface area contributed by atoms with E-state index in [1.165, 1.54) is 13.2 Å². The van der Waals surface area contributed by atoms with Gasteiger partial charge in [0.2, 0.25) is 0 Å². The lowest BCUT2D eigenvalue weighted by molar-refractivity contribution is 0.101. The Morgan fingerprint density at radius 2 is 1.85 bits per heavy atom. The number of nitrogens with one attached hydrogen (secondary N) is 2. The van der Waals surface area contributed by atoms with Crippen LogP contribution in [0.4, 0.5) is 11.4 Å². The maximum Gasteiger partial charge on any atom is 0.273 e. The maximum atomic E-state index is 12.7. The number of carbonyl (C=O) groups is 1. The third-order valence-corrected chi connectivity index (χ3v) is 6.44. The van der Waals surface area contributed by atoms with Crippen LogP contribution in [0, 0.1) is 6.92 Å². The van der Waals surface area contributed by atoms with E-state index in [2.05, 4.69) is 20.4 Å². The summed E-state index contributed by atoms with van der Waals surface area (Å²) in [5, 5.41) is 28.6. The third-order valence-electron chi connectivity index (χ3n) is 6.44. The van der Waals surface area contributed by atoms with Gasteiger partial charge in [-0.25, -0.2) is 0 Å². The first-order valence-electron chi connectivity index (χ1n) is 12.5. The summed E-state index contributed by atoms with van der Waals surface area (Å²) in [4.78, 5) is 20.1. The fraction of sp³-hybridized carbons (Fsp3) is 0.167. The van der Waals surface area contributed by atoms with E-state index < -0.39 is 0 Å². The SMILES string of the molecule is CCn1nc(C)cc1C(=O)Nc1ccc(Cc2ccc3[nH]c(O)c(C=Nc4ccc(OC)c(O)c4)c3c2)cc1. The van der Waals surface area contributed by atoms with E-state index >= 15 is 0 Å². The van der Waals surface area contributed by atoms with Crippen LogP contribution in [0.15, 0.2) is 71.7 Å². The van der Waals surface area contributed by atoms with Crippen LogP contribution in [0.3, 0.4) is 0 Å². The van der Waals surface area contributed by atoms with Gasteiger partial charge in [0, 0.05) is 35.4 Å². The molecule has 0 unspecified atom stereocenters. The second-order valence-electron chi connectivity index (χ2n) is 9.20. The molecule has 198 valence electrons. The van der Waals surface area contributed by atoms with Crippen molar-refractivity contribution in [3.63, 3.8) is 0 Å². The van der Waals surface area contributed by atoms with E-state index in [1.807, 2.05) is 56.3 Å². The topological polar surface area (TPSA) is 125 Å². The predicted octanol–water partition coefficient (Wildman–Crippen LogP) is 5.71. The van der Waals surface area contributed by atoms with Gasteiger partial charge < -0.3 is 25.3 Å². The van der Waals surface area contributed by atoms with Crippen molar-refractivity contribution in [2.75, 3.05) is 12.4 Å². The minimum atomic E-state index is -0.193. The maximum absolute atomic E-state index is 12.7. The minimum Gasteiger partial charge on any atom is -0.504 e. The van der Waals surface area contributed by atoms with Gasteiger partial charge in [-0.15, -0.1) is 0 Å². The number of rotatable bonds is 8. The molecule has 0 spiro atoms. The van der Waals surface area contributed by atoms with Crippen molar-refractivity contribution in [3.8, 4) is 17.4 Å². The van der Waals surface area contributed by atoms with Gasteiger partial charge in [-0.05, 0) is 73.9 Å². The lowest BCUT2D eigenvalue weighted by atomic mass is 10.0. The van der Waals surface area contributed by atoms with Crippen molar-refractivity contribution in [3.05, 3.63) is 94.8 Å². The number of phenolic OH excluding ortho intramolecular Hbond substituents is 1. The number of aromatic nitrogens is 3. The van der Waals surface area contributed by atoms with E-state index in [9.17, 15) is 15.0 Å². The summed E-state index contributed by atoms with van der Waals surface area (Å²) in [6.45, 7) is 4.44. The normalized spacial score (nSPS) is 11.4. The lowest BCUT2D eigenvalue weighted by Gasteiger charge is -2.08. The Kier molecular flexibility index (Phi) is 7.05. The number of aromatic hydroxyl groups is 2. The molecule has 0 saturated heterocycles. The molecule has 5 aromatic rings. The first kappa shape index (κ1) is 25.6. The van der Waals surface area contributed by atoms with Crippen LogP contribution in [-0.4, -0.2) is 44.2 Å². The first-order chi connectivity index (χ1) is 18.8. The van der Waals surface area contributed by atoms with Crippen LogP contribution < -0.4 is 10.1 Å². The highest BCUT2D eigenvalue weighted by molar-refractivity contribution is 6.03. The van der Waals surface area contributed by atoms with Crippen LogP contribution in [0.1, 0.15) is 39.8 Å². The number of aromatic amines is 1. The molecule has 3 aromatic carbocycles. The number of hydrogen-bond donors (Lipinski definition) is 4. The standard InChI is InChI=1S/C30H29N5O4/c1-4-35-26(13-18(2)34-35)30(38)32-21-8-5-19(6-9-21)14-20-7-11-25-23(15-20)24(29(37)33-25)17-31-22-10-12-28(39-3)27(36)16-22/h5-13,15-17,33,36-37H,4,14H2,1-3H3,(H,32,38). The molecular formula is C30H29N5O4. The highest BCUT2D eigenvalue weighted by Crippen LogP contribution is 2.31. The molecule has 2 heterocycles. The molecule has 0 fully saturated rings. The molecular weight excluding hydrogens is 494 g/mol. The number of methoxy groups -OCH3 is 1. The quantitative estimate of drug-likeness (QED) is 0.194. The van der Waals surface area contributed by atoms with Crippen LogP contribution >= 0.6 is 0 Å². The van der Waals surface area contributed by atoms with Crippen molar-refractivity contribution in [1.29, 1.82) is 0 Å². The van der Waals surface area contributed by atoms with Crippen LogP contribution in [-0.2, 0) is 13.0 Å². The van der Waals surface area contributed by atoms with Gasteiger partial charge in [0.15, 0.2) is 17.4 Å². The first-order valence-corrected chi connectivity index (χ1v) is 12.5. The zero-order chi connectivity index (χ0) is 27.5. The zero-order valence-corrected chi connectivity index (χ0v) is 21.9. The van der Waals surface area contributed by atoms with Crippen molar-refractivity contribution in [1.82, 2.24) is 14.8 Å². The molecule has 0 saturated carbocycles. The average molecular weight is 524 g/mol. The number of fused-ring (bicyclic) bond motifs is 1. The summed E-state index contributed by atoms with van der Waals surface area (Å²) in [6, 6.07) is 20.3. The summed E-state index contributed by atoms with van der Waals surface area (Å²) in [6.07, 6.45) is 2.24. The average Bonchev–Trinajstić information content (AvgIpc) is 3.46. The van der Waals surface area contributed by atoms with E-state index in [0.29, 0.717) is 41.3 Å². The molecule has 0 aliphatic heterocycles. The molecule has 2 aromatic heterocycles. The van der Waals surface area contributed by atoms with Crippen molar-refractivity contribution in [2.24, 2.45) is 4.99 Å². The molecule has 0 aliphatic carbocycles. The minimum absolute atomic E-state index is 0.00848. The highest BCUT2D eigenvalue weighted by Gasteiger charge is 2.14. The molecule has 0 bridgehead atoms. The molecule has 0 radical (unpaired) electrons. The number of ether oxygens (including phenoxy) is 1. The van der Waals surface area contributed by atoms with Gasteiger partial charge in [-0.2, -0.15) is 5.10 Å². The largest absolute Gasteiger partial charge is 0.504 e. The third kappa shape index (κ3) is 5.47. The number of aliphatic imine (C=N–C) groups is 1. The number of aryl methyl sites for hydroxylation is 2. The number of H-pyrrole nitrogens is 1. The highest BCUT2D eigenvalue weighted by atomic mass is 16.5. The Labute approximate surface area is 225 Å². The summed E-state index contributed by atoms with van der Waals surface area (Å²) in [7, 11) is 1.48. The molecule has 0 atom stereocenters. The summed E-state index contributed by atoms with van der Waals surface area (Å²) in [5.41, 5.74) is 6.04. The number of anilines is 1. The summed E-state index contributed by atoms with van der Waals surface area (Å²) in [5.74, 6) is 0.180. The Morgan fingerprint density at radius 1 is 1.08 bits per heavy atom. The van der Waals surface area contributed by atoms with Crippen molar-refractivity contribution < 1.29 is 19.7 Å². The van der Waals surface area contributed by atoms with E-state index in [0.717, 1.165) is 27.7 Å². The van der Waals surface area contributed by atoms with Gasteiger partial charge >= 0.3 is 0 Å². The Hall–Kier alpha value is -5.05. The van der Waals surface area contributed by atoms with Gasteiger partial charge in [-0.3, -0.25) is 14.5 Å². The summed E-state index contributed by atoms with van der Waals surface area (Å²) < 4.78 is 6.76. The number of benzene rings is 3. The van der Waals surface area contributed by atoms with Gasteiger partial charge in [-0.1, -0.05) is 18.2 Å². The van der Waals surface area contributed by atoms with E-state index in [1.54, 1.807) is 29.1 Å². The fourth-order valence-electron chi connectivity index (χ4n) is 4.49. The van der Waals surface area contributed by atoms with Crippen LogP contribution in [0.2, 0.25) is 0 Å². The van der Waals surface area contributed by atoms with Crippen LogP contribution in [0.5, 0.6) is 17.4 Å². The van der Waals surface area contributed by atoms with Gasteiger partial charge in [0.05, 0.1) is 24.1 Å². The molecule has 9 nitrogen and oxygen atoms in total. The zero-order valence-electron chi connectivity index (χ0n) is 21.9. The lowest BCUT2D eigenvalue weighted by Crippen LogP contribution is -2.17. The smallest absolute Gasteiger partial charge is 0.273 e. The molecule has 4 N–H and O–H groups in total. The van der Waals surface area contributed by atoms with Crippen LogP contribution in [0.25, 0.3) is 10.9 Å². The second-order valence-corrected chi connectivity index (χ2v) is 9.20. The number of nitrogens with zero attached hydrogens (tertiary/aromatic N) is 3. The Balaban J connectivity index is 1.32. The number of hydrogen-bond acceptors (Lipinski definition) is 6. The van der Waals surface area contributed by atoms with E-state index in [4.69, 9.17) is 4.74 Å². The van der Waals surface area contributed by atoms with Gasteiger partial charge in [0.1, 0.15) is 5.69 Å². The number of carbonyl (C=O) groups excluding carboxylic acids is 1. The summed E-state index contributed by atoms with van der Waals surface area (Å²) >= 11 is 0. The Morgan fingerprint density at radius 3 is 2.56 bits per heavy atom. The molecule has 39 heavy (non-hydrogen) atoms. The monoisotopic (exact) mass is 523 g/mol. The van der Waals surface area contributed by atoms with Crippen molar-refractivity contribution in [2.45, 2.75) is 26.8 Å². The fourth-order valence-corrected chi connectivity index (χ4v) is 4.49. The number of phenols is 1. The molecule has 1 amide bonds. The molecule has 0 aliphatic rings. The van der Waals surface area contributed by atoms with Gasteiger partial charge in [0.25, 0.3) is 5.91 Å². The molecule has 9 heteroatoms. The second kappa shape index (κ2) is 10.7. The predicted molar refractivity (Wildman–Crippen MR) is 152 cm³/mol. The van der Waals surface area contributed by atoms with E-state index in [-0.39, 0.29) is 17.5 Å².